The normalized spacial score (nSPS) is 19.9. The monoisotopic (exact) mass is 271 g/mol. The van der Waals surface area contributed by atoms with Gasteiger partial charge in [-0.2, -0.15) is 0 Å². The van der Waals surface area contributed by atoms with Crippen molar-refractivity contribution in [2.75, 3.05) is 7.11 Å². The first-order chi connectivity index (χ1) is 9.50. The number of benzene rings is 1. The number of carbonyl (C=O) groups excluding carboxylic acids is 2. The van der Waals surface area contributed by atoms with Crippen molar-refractivity contribution < 1.29 is 14.3 Å². The largest absolute Gasteiger partial charge is 0.463 e. The third-order valence-corrected chi connectivity index (χ3v) is 3.14. The van der Waals surface area contributed by atoms with Gasteiger partial charge in [-0.25, -0.2) is 4.79 Å². The molecule has 1 aliphatic carbocycles. The zero-order valence-corrected chi connectivity index (χ0v) is 11.1. The van der Waals surface area contributed by atoms with Crippen LogP contribution in [0, 0.1) is 4.91 Å². The molecule has 1 unspecified atom stereocenters. The molecular weight excluding hydrogens is 258 g/mol. The maximum Gasteiger partial charge on any atom is 0.379 e. The Morgan fingerprint density at radius 3 is 2.55 bits per heavy atom. The number of Topliss-reactive ketones (excluding diaryl/α,β-unsaturated/α-hetero) is 1. The standard InChI is InChI=1S/C15H13NO4/c1-15(16-19)8-6-10-4-3-5-12(11(10)7-9-15)13(17)14(18)20-2/h3-9H,1-2H3. The van der Waals surface area contributed by atoms with E-state index < -0.39 is 17.3 Å². The van der Waals surface area contributed by atoms with E-state index in [4.69, 9.17) is 0 Å². The molecule has 0 amide bonds. The molecule has 102 valence electrons. The molecule has 1 atom stereocenters. The van der Waals surface area contributed by atoms with Crippen molar-refractivity contribution in [2.45, 2.75) is 12.5 Å². The summed E-state index contributed by atoms with van der Waals surface area (Å²) in [6, 6.07) is 5.01. The number of hydrogen-bond acceptors (Lipinski definition) is 5. The van der Waals surface area contributed by atoms with Gasteiger partial charge in [-0.3, -0.25) is 4.79 Å². The van der Waals surface area contributed by atoms with Crippen molar-refractivity contribution in [3.05, 3.63) is 51.9 Å². The second kappa shape index (κ2) is 5.21. The van der Waals surface area contributed by atoms with E-state index in [1.165, 1.54) is 0 Å². The topological polar surface area (TPSA) is 72.8 Å². The average molecular weight is 271 g/mol. The molecule has 0 N–H and O–H groups in total. The van der Waals surface area contributed by atoms with Gasteiger partial charge >= 0.3 is 5.97 Å². The Morgan fingerprint density at radius 2 is 1.90 bits per heavy atom. The van der Waals surface area contributed by atoms with Gasteiger partial charge in [0.2, 0.25) is 0 Å². The molecule has 20 heavy (non-hydrogen) atoms. The minimum Gasteiger partial charge on any atom is -0.463 e. The lowest BCUT2D eigenvalue weighted by Crippen LogP contribution is -2.17. The third kappa shape index (κ3) is 2.42. The molecule has 5 heteroatoms. The van der Waals surface area contributed by atoms with E-state index in [-0.39, 0.29) is 5.56 Å². The number of esters is 1. The Morgan fingerprint density at radius 1 is 1.20 bits per heavy atom. The SMILES string of the molecule is COC(=O)C(=O)c1cccc2c1C=CC(C)(N=O)C=C2. The van der Waals surface area contributed by atoms with Gasteiger partial charge in [-0.05, 0) is 30.2 Å². The molecule has 0 aliphatic heterocycles. The highest BCUT2D eigenvalue weighted by atomic mass is 16.5. The Balaban J connectivity index is 2.56. The van der Waals surface area contributed by atoms with Crippen LogP contribution in [0.2, 0.25) is 0 Å². The molecule has 2 rings (SSSR count). The minimum absolute atomic E-state index is 0.241. The van der Waals surface area contributed by atoms with Crippen LogP contribution in [0.15, 0.2) is 35.5 Å². The number of carbonyl (C=O) groups is 2. The number of ether oxygens (including phenoxy) is 1. The van der Waals surface area contributed by atoms with Gasteiger partial charge in [-0.1, -0.05) is 35.5 Å². The fourth-order valence-corrected chi connectivity index (χ4v) is 1.94. The van der Waals surface area contributed by atoms with E-state index in [0.29, 0.717) is 5.56 Å². The molecule has 0 aromatic heterocycles. The van der Waals surface area contributed by atoms with Gasteiger partial charge in [0.1, 0.15) is 5.54 Å². The van der Waals surface area contributed by atoms with Crippen LogP contribution in [-0.4, -0.2) is 24.4 Å². The maximum atomic E-state index is 12.0. The molecule has 0 heterocycles. The van der Waals surface area contributed by atoms with E-state index in [0.717, 1.165) is 12.7 Å². The highest BCUT2D eigenvalue weighted by molar-refractivity contribution is 6.41. The van der Waals surface area contributed by atoms with Gasteiger partial charge in [0.15, 0.2) is 0 Å². The highest BCUT2D eigenvalue weighted by Gasteiger charge is 2.24. The molecular formula is C15H13NO4. The number of rotatable bonds is 3. The van der Waals surface area contributed by atoms with E-state index in [9.17, 15) is 14.5 Å². The predicted octanol–water partition coefficient (Wildman–Crippen LogP) is 2.61. The summed E-state index contributed by atoms with van der Waals surface area (Å²) < 4.78 is 4.45. The van der Waals surface area contributed by atoms with Gasteiger partial charge in [0.05, 0.1) is 7.11 Å². The first-order valence-corrected chi connectivity index (χ1v) is 5.99. The summed E-state index contributed by atoms with van der Waals surface area (Å²) in [5, 5.41) is 3.05. The smallest absolute Gasteiger partial charge is 0.379 e. The summed E-state index contributed by atoms with van der Waals surface area (Å²) in [5.41, 5.74) is 0.588. The first-order valence-electron chi connectivity index (χ1n) is 5.99. The Bertz CT molecular complexity index is 645. The number of hydrogen-bond donors (Lipinski definition) is 0. The second-order valence-electron chi connectivity index (χ2n) is 4.61. The molecule has 0 fully saturated rings. The van der Waals surface area contributed by atoms with E-state index in [2.05, 4.69) is 9.91 Å². The van der Waals surface area contributed by atoms with E-state index in [1.54, 1.807) is 49.4 Å². The molecule has 0 saturated heterocycles. The van der Waals surface area contributed by atoms with Crippen molar-refractivity contribution in [3.63, 3.8) is 0 Å². The fraction of sp³-hybridized carbons (Fsp3) is 0.200. The van der Waals surface area contributed by atoms with Gasteiger partial charge in [0, 0.05) is 5.56 Å². The number of ketones is 1. The average Bonchev–Trinajstić information content (AvgIpc) is 2.66. The summed E-state index contributed by atoms with van der Waals surface area (Å²) in [7, 11) is 1.16. The van der Waals surface area contributed by atoms with E-state index in [1.807, 2.05) is 0 Å². The minimum atomic E-state index is -0.968. The van der Waals surface area contributed by atoms with Gasteiger partial charge in [-0.15, -0.1) is 4.91 Å². The summed E-state index contributed by atoms with van der Waals surface area (Å²) in [6.07, 6.45) is 6.59. The summed E-state index contributed by atoms with van der Waals surface area (Å²) >= 11 is 0. The zero-order chi connectivity index (χ0) is 14.8. The third-order valence-electron chi connectivity index (χ3n) is 3.14. The van der Waals surface area contributed by atoms with Crippen LogP contribution in [0.4, 0.5) is 0 Å². The number of nitroso groups, excluding NO2 is 1. The van der Waals surface area contributed by atoms with Gasteiger partial charge in [0.25, 0.3) is 5.78 Å². The molecule has 0 bridgehead atoms. The van der Waals surface area contributed by atoms with Crippen molar-refractivity contribution in [1.82, 2.24) is 0 Å². The quantitative estimate of drug-likeness (QED) is 0.366. The maximum absolute atomic E-state index is 12.0. The molecule has 0 radical (unpaired) electrons. The first kappa shape index (κ1) is 13.9. The highest BCUT2D eigenvalue weighted by Crippen LogP contribution is 2.27. The summed E-state index contributed by atoms with van der Waals surface area (Å²) in [4.78, 5) is 34.2. The van der Waals surface area contributed by atoms with Crippen LogP contribution in [0.3, 0.4) is 0 Å². The van der Waals surface area contributed by atoms with Crippen LogP contribution >= 0.6 is 0 Å². The van der Waals surface area contributed by atoms with Gasteiger partial charge < -0.3 is 4.74 Å². The van der Waals surface area contributed by atoms with Crippen LogP contribution in [0.1, 0.15) is 28.4 Å². The zero-order valence-electron chi connectivity index (χ0n) is 11.1. The molecule has 1 aromatic carbocycles. The van der Waals surface area contributed by atoms with Crippen LogP contribution in [0.5, 0.6) is 0 Å². The Labute approximate surface area is 115 Å². The van der Waals surface area contributed by atoms with Crippen molar-refractivity contribution in [1.29, 1.82) is 0 Å². The fourth-order valence-electron chi connectivity index (χ4n) is 1.94. The van der Waals surface area contributed by atoms with Crippen molar-refractivity contribution in [3.8, 4) is 0 Å². The summed E-state index contributed by atoms with van der Waals surface area (Å²) in [6.45, 7) is 1.65. The lowest BCUT2D eigenvalue weighted by atomic mass is 9.98. The lowest BCUT2D eigenvalue weighted by Gasteiger charge is -2.08. The molecule has 0 spiro atoms. The Kier molecular flexibility index (Phi) is 3.61. The molecule has 0 saturated carbocycles. The second-order valence-corrected chi connectivity index (χ2v) is 4.61. The predicted molar refractivity (Wildman–Crippen MR) is 75.1 cm³/mol. The molecule has 1 aromatic rings. The van der Waals surface area contributed by atoms with Crippen LogP contribution in [0.25, 0.3) is 12.2 Å². The van der Waals surface area contributed by atoms with Crippen LogP contribution in [-0.2, 0) is 9.53 Å². The number of fused-ring (bicyclic) bond motifs is 1. The number of methoxy groups -OCH3 is 1. The van der Waals surface area contributed by atoms with Crippen molar-refractivity contribution >= 4 is 23.9 Å². The number of nitrogens with zero attached hydrogens (tertiary/aromatic N) is 1. The van der Waals surface area contributed by atoms with Crippen molar-refractivity contribution in [2.24, 2.45) is 5.18 Å². The van der Waals surface area contributed by atoms with Crippen LogP contribution < -0.4 is 0 Å². The van der Waals surface area contributed by atoms with E-state index >= 15 is 0 Å². The lowest BCUT2D eigenvalue weighted by molar-refractivity contribution is -0.135. The Hall–Kier alpha value is -2.56. The molecule has 5 nitrogen and oxygen atoms in total. The molecule has 1 aliphatic rings. The summed E-state index contributed by atoms with van der Waals surface area (Å²) in [5.74, 6) is -1.64.